The van der Waals surface area contributed by atoms with Crippen LogP contribution in [-0.2, 0) is 26.1 Å². The summed E-state index contributed by atoms with van der Waals surface area (Å²) in [4.78, 5) is 12.2. The van der Waals surface area contributed by atoms with Crippen molar-refractivity contribution >= 4 is 16.1 Å². The standard InChI is InChI=1S/C24H27F3O7S/c1-4-5-12-33-22(23(28)29)20-14(2)8-10-19(34-35(30,31)24(25,26)27)21(20)17-9-11-18-16(15(17)3)7-6-13-32-18/h8-11,22H,4-7,12-13H2,1-3H3,(H,28,29). The smallest absolute Gasteiger partial charge is 0.493 e. The minimum Gasteiger partial charge on any atom is -0.493 e. The van der Waals surface area contributed by atoms with Gasteiger partial charge in [0.25, 0.3) is 0 Å². The van der Waals surface area contributed by atoms with E-state index < -0.39 is 33.4 Å². The first kappa shape index (κ1) is 26.8. The first-order valence-corrected chi connectivity index (χ1v) is 12.5. The van der Waals surface area contributed by atoms with Crippen molar-refractivity contribution in [2.45, 2.75) is 58.1 Å². The number of unbranched alkanes of at least 4 members (excludes halogenated alkanes) is 1. The molecule has 1 atom stereocenters. The summed E-state index contributed by atoms with van der Waals surface area (Å²) in [7, 11) is -6.02. The molecule has 2 aromatic rings. The number of hydrogen-bond donors (Lipinski definition) is 1. The van der Waals surface area contributed by atoms with Gasteiger partial charge in [0.2, 0.25) is 0 Å². The maximum atomic E-state index is 13.2. The third kappa shape index (κ3) is 5.56. The maximum absolute atomic E-state index is 13.2. The van der Waals surface area contributed by atoms with Crippen molar-refractivity contribution in [1.29, 1.82) is 0 Å². The molecule has 0 amide bonds. The fourth-order valence-electron chi connectivity index (χ4n) is 4.06. The molecule has 1 unspecified atom stereocenters. The van der Waals surface area contributed by atoms with Gasteiger partial charge in [0, 0.05) is 17.7 Å². The number of carboxylic acid groups (broad SMARTS) is 1. The zero-order valence-electron chi connectivity index (χ0n) is 19.6. The lowest BCUT2D eigenvalue weighted by Gasteiger charge is -2.26. The number of halogens is 3. The van der Waals surface area contributed by atoms with E-state index in [4.69, 9.17) is 9.47 Å². The summed E-state index contributed by atoms with van der Waals surface area (Å²) in [6, 6.07) is 5.61. The Morgan fingerprint density at radius 2 is 1.91 bits per heavy atom. The average molecular weight is 517 g/mol. The van der Waals surface area contributed by atoms with Crippen molar-refractivity contribution in [2.75, 3.05) is 13.2 Å². The topological polar surface area (TPSA) is 99.1 Å². The SMILES string of the molecule is CCCCOC(C(=O)O)c1c(C)ccc(OS(=O)(=O)C(F)(F)F)c1-c1ccc2c(c1C)CCCO2. The number of aliphatic carboxylic acids is 1. The predicted molar refractivity (Wildman–Crippen MR) is 122 cm³/mol. The molecular formula is C24H27F3O7S. The highest BCUT2D eigenvalue weighted by Crippen LogP contribution is 2.45. The van der Waals surface area contributed by atoms with E-state index in [2.05, 4.69) is 4.18 Å². The van der Waals surface area contributed by atoms with Gasteiger partial charge in [0.1, 0.15) is 5.75 Å². The summed E-state index contributed by atoms with van der Waals surface area (Å²) in [5, 5.41) is 9.95. The van der Waals surface area contributed by atoms with Gasteiger partial charge in [-0.3, -0.25) is 0 Å². The minimum absolute atomic E-state index is 0.0308. The van der Waals surface area contributed by atoms with E-state index in [9.17, 15) is 31.5 Å². The molecule has 11 heteroatoms. The van der Waals surface area contributed by atoms with Crippen molar-refractivity contribution in [1.82, 2.24) is 0 Å². The van der Waals surface area contributed by atoms with Crippen LogP contribution in [-0.4, -0.2) is 38.2 Å². The number of rotatable bonds is 9. The molecule has 0 aromatic heterocycles. The first-order valence-electron chi connectivity index (χ1n) is 11.1. The molecule has 0 saturated heterocycles. The van der Waals surface area contributed by atoms with Gasteiger partial charge >= 0.3 is 21.6 Å². The molecule has 1 heterocycles. The van der Waals surface area contributed by atoms with Gasteiger partial charge in [-0.1, -0.05) is 25.5 Å². The average Bonchev–Trinajstić information content (AvgIpc) is 2.78. The van der Waals surface area contributed by atoms with Gasteiger partial charge in [-0.15, -0.1) is 0 Å². The van der Waals surface area contributed by atoms with Crippen molar-refractivity contribution in [3.8, 4) is 22.6 Å². The molecule has 0 bridgehead atoms. The second-order valence-corrected chi connectivity index (χ2v) is 9.80. The van der Waals surface area contributed by atoms with E-state index in [1.165, 1.54) is 6.07 Å². The highest BCUT2D eigenvalue weighted by molar-refractivity contribution is 7.88. The van der Waals surface area contributed by atoms with Gasteiger partial charge in [0.15, 0.2) is 11.9 Å². The van der Waals surface area contributed by atoms with Gasteiger partial charge in [0.05, 0.1) is 6.61 Å². The molecule has 0 saturated carbocycles. The van der Waals surface area contributed by atoms with Crippen LogP contribution in [0.1, 0.15) is 54.5 Å². The molecule has 192 valence electrons. The molecule has 1 aliphatic rings. The number of carboxylic acids is 1. The van der Waals surface area contributed by atoms with Crippen LogP contribution >= 0.6 is 0 Å². The Morgan fingerprint density at radius 1 is 1.20 bits per heavy atom. The molecule has 0 radical (unpaired) electrons. The van der Waals surface area contributed by atoms with Crippen molar-refractivity contribution in [3.63, 3.8) is 0 Å². The van der Waals surface area contributed by atoms with E-state index in [0.29, 0.717) is 41.9 Å². The zero-order valence-corrected chi connectivity index (χ0v) is 20.4. The second-order valence-electron chi connectivity index (χ2n) is 8.26. The molecule has 7 nitrogen and oxygen atoms in total. The third-order valence-corrected chi connectivity index (χ3v) is 6.80. The van der Waals surface area contributed by atoms with E-state index in [1.54, 1.807) is 26.0 Å². The molecule has 2 aromatic carbocycles. The fourth-order valence-corrected chi connectivity index (χ4v) is 4.53. The summed E-state index contributed by atoms with van der Waals surface area (Å²) < 4.78 is 79.2. The zero-order chi connectivity index (χ0) is 26.0. The Hall–Kier alpha value is -2.79. The van der Waals surface area contributed by atoms with E-state index in [1.807, 2.05) is 6.92 Å². The molecule has 0 spiro atoms. The summed E-state index contributed by atoms with van der Waals surface area (Å²) in [6.45, 7) is 5.81. The van der Waals surface area contributed by atoms with E-state index in [-0.39, 0.29) is 17.7 Å². The molecule has 0 aliphatic carbocycles. The normalized spacial score (nSPS) is 14.7. The minimum atomic E-state index is -6.02. The molecule has 0 fully saturated rings. The van der Waals surface area contributed by atoms with Gasteiger partial charge in [-0.25, -0.2) is 4.79 Å². The monoisotopic (exact) mass is 516 g/mol. The first-order chi connectivity index (χ1) is 16.4. The molecule has 1 aliphatic heterocycles. The number of hydrogen-bond acceptors (Lipinski definition) is 6. The van der Waals surface area contributed by atoms with Crippen LogP contribution in [0.25, 0.3) is 11.1 Å². The lowest BCUT2D eigenvalue weighted by Crippen LogP contribution is -2.28. The van der Waals surface area contributed by atoms with Crippen molar-refractivity contribution in [2.24, 2.45) is 0 Å². The van der Waals surface area contributed by atoms with Gasteiger partial charge < -0.3 is 18.8 Å². The van der Waals surface area contributed by atoms with Crippen LogP contribution in [0.15, 0.2) is 24.3 Å². The number of alkyl halides is 3. The molecular weight excluding hydrogens is 489 g/mol. The number of carbonyl (C=O) groups is 1. The Balaban J connectivity index is 2.31. The number of ether oxygens (including phenoxy) is 2. The molecule has 35 heavy (non-hydrogen) atoms. The highest BCUT2D eigenvalue weighted by Gasteiger charge is 2.49. The van der Waals surface area contributed by atoms with Crippen LogP contribution < -0.4 is 8.92 Å². The number of fused-ring (bicyclic) bond motifs is 1. The van der Waals surface area contributed by atoms with Crippen LogP contribution in [0.5, 0.6) is 11.5 Å². The van der Waals surface area contributed by atoms with Crippen molar-refractivity contribution < 1.29 is 45.1 Å². The summed E-state index contributed by atoms with van der Waals surface area (Å²) in [5.41, 5.74) is -3.54. The second kappa shape index (κ2) is 10.4. The maximum Gasteiger partial charge on any atom is 0.534 e. The molecule has 1 N–H and O–H groups in total. The van der Waals surface area contributed by atoms with Crippen LogP contribution in [0.4, 0.5) is 13.2 Å². The van der Waals surface area contributed by atoms with Crippen LogP contribution in [0, 0.1) is 13.8 Å². The number of aryl methyl sites for hydroxylation is 1. The van der Waals surface area contributed by atoms with E-state index >= 15 is 0 Å². The van der Waals surface area contributed by atoms with E-state index in [0.717, 1.165) is 24.5 Å². The predicted octanol–water partition coefficient (Wildman–Crippen LogP) is 5.47. The Kier molecular flexibility index (Phi) is 8.00. The summed E-state index contributed by atoms with van der Waals surface area (Å²) in [6.07, 6.45) is 1.10. The summed E-state index contributed by atoms with van der Waals surface area (Å²) in [5.74, 6) is -1.38. The van der Waals surface area contributed by atoms with Crippen LogP contribution in [0.2, 0.25) is 0 Å². The third-order valence-electron chi connectivity index (χ3n) is 5.83. The lowest BCUT2D eigenvalue weighted by atomic mass is 9.86. The van der Waals surface area contributed by atoms with Crippen molar-refractivity contribution in [3.05, 3.63) is 46.5 Å². The summed E-state index contributed by atoms with van der Waals surface area (Å²) >= 11 is 0. The van der Waals surface area contributed by atoms with Gasteiger partial charge in [-0.05, 0) is 67.5 Å². The largest absolute Gasteiger partial charge is 0.534 e. The Morgan fingerprint density at radius 3 is 2.54 bits per heavy atom. The van der Waals surface area contributed by atoms with Crippen LogP contribution in [0.3, 0.4) is 0 Å². The lowest BCUT2D eigenvalue weighted by molar-refractivity contribution is -0.151. The van der Waals surface area contributed by atoms with Gasteiger partial charge in [-0.2, -0.15) is 21.6 Å². The Labute approximate surface area is 201 Å². The fraction of sp³-hybridized carbons (Fsp3) is 0.458. The number of benzene rings is 2. The Bertz CT molecular complexity index is 1210. The highest BCUT2D eigenvalue weighted by atomic mass is 32.2. The quantitative estimate of drug-likeness (QED) is 0.268. The molecule has 3 rings (SSSR count).